The molecule has 1 unspecified atom stereocenters. The number of carbonyl (C=O) groups is 1. The maximum absolute atomic E-state index is 13.4. The van der Waals surface area contributed by atoms with Gasteiger partial charge in [-0.1, -0.05) is 0 Å². The van der Waals surface area contributed by atoms with Crippen molar-refractivity contribution in [1.29, 1.82) is 0 Å². The Morgan fingerprint density at radius 1 is 0.881 bits per heavy atom. The van der Waals surface area contributed by atoms with Crippen LogP contribution in [0.15, 0.2) is 24.3 Å². The van der Waals surface area contributed by atoms with E-state index in [0.717, 1.165) is 0 Å². The zero-order chi connectivity index (χ0) is 29.3. The summed E-state index contributed by atoms with van der Waals surface area (Å²) in [7, 11) is 2.86. The maximum Gasteiger partial charge on any atom is 0.310 e. The van der Waals surface area contributed by atoms with Gasteiger partial charge in [-0.25, -0.2) is 0 Å². The molecule has 0 spiro atoms. The predicted molar refractivity (Wildman–Crippen MR) is 138 cm³/mol. The number of benzene rings is 2. The van der Waals surface area contributed by atoms with E-state index >= 15 is 0 Å². The van der Waals surface area contributed by atoms with Crippen molar-refractivity contribution in [3.63, 3.8) is 0 Å². The first kappa shape index (κ1) is 27.5. The van der Waals surface area contributed by atoms with Crippen molar-refractivity contribution < 1.29 is 62.7 Å². The highest BCUT2D eigenvalue weighted by Gasteiger charge is 2.56. The van der Waals surface area contributed by atoms with Crippen molar-refractivity contribution in [2.24, 2.45) is 11.8 Å². The number of esters is 1. The normalized spacial score (nSPS) is 36.5. The van der Waals surface area contributed by atoms with Gasteiger partial charge < -0.3 is 58.0 Å². The van der Waals surface area contributed by atoms with Gasteiger partial charge in [0, 0.05) is 11.8 Å². The number of aromatic hydroxyl groups is 1. The molecule has 0 aromatic heterocycles. The highest BCUT2D eigenvalue weighted by atomic mass is 16.8. The first-order valence-corrected chi connectivity index (χ1v) is 13.8. The number of cyclic esters (lactones) is 1. The molecule has 226 valence electrons. The number of aliphatic hydroxyl groups is 2. The van der Waals surface area contributed by atoms with Crippen LogP contribution in [0, 0.1) is 11.8 Å². The summed E-state index contributed by atoms with van der Waals surface area (Å²) < 4.78 is 51.5. The maximum atomic E-state index is 13.4. The van der Waals surface area contributed by atoms with Gasteiger partial charge in [-0.15, -0.1) is 0 Å². The van der Waals surface area contributed by atoms with Crippen LogP contribution < -0.4 is 18.9 Å². The fourth-order valence-corrected chi connectivity index (χ4v) is 6.74. The second kappa shape index (κ2) is 10.4. The molecule has 1 aliphatic carbocycles. The SMILES string of the molecule is COc1cc([C@@H]2c3cc4c(cc3[C@@H](O[C@@H]3O[C@@H]5COC(C)O[C@H]5[C@H](O)[C@@H]3O)[C@H]3COC(=O)[C@H]23)OCO4)cc(OC)c1O. The molecule has 0 amide bonds. The largest absolute Gasteiger partial charge is 0.502 e. The monoisotopic (exact) mass is 588 g/mol. The molecule has 5 aliphatic rings. The molecule has 3 saturated heterocycles. The number of carbonyl (C=O) groups excluding carboxylic acids is 1. The van der Waals surface area contributed by atoms with Crippen LogP contribution in [0.3, 0.4) is 0 Å². The summed E-state index contributed by atoms with van der Waals surface area (Å²) >= 11 is 0. The second-order valence-corrected chi connectivity index (χ2v) is 11.0. The third-order valence-electron chi connectivity index (χ3n) is 8.75. The van der Waals surface area contributed by atoms with Gasteiger partial charge in [0.1, 0.15) is 24.4 Å². The molecule has 2 aromatic carbocycles. The average Bonchev–Trinajstić information content (AvgIpc) is 3.61. The van der Waals surface area contributed by atoms with Gasteiger partial charge in [0.2, 0.25) is 12.5 Å². The van der Waals surface area contributed by atoms with Gasteiger partial charge >= 0.3 is 5.97 Å². The molecule has 3 N–H and O–H groups in total. The van der Waals surface area contributed by atoms with Gasteiger partial charge in [-0.2, -0.15) is 0 Å². The minimum Gasteiger partial charge on any atom is -0.502 e. The molecule has 42 heavy (non-hydrogen) atoms. The van der Waals surface area contributed by atoms with E-state index in [0.29, 0.717) is 28.2 Å². The van der Waals surface area contributed by atoms with Gasteiger partial charge in [-0.3, -0.25) is 4.79 Å². The van der Waals surface area contributed by atoms with Crippen molar-refractivity contribution in [2.45, 2.75) is 55.9 Å². The lowest BCUT2D eigenvalue weighted by Gasteiger charge is -2.47. The van der Waals surface area contributed by atoms with Crippen molar-refractivity contribution in [1.82, 2.24) is 0 Å². The topological polar surface area (TPSA) is 161 Å². The van der Waals surface area contributed by atoms with E-state index < -0.39 is 66.8 Å². The van der Waals surface area contributed by atoms with E-state index in [-0.39, 0.29) is 37.3 Å². The average molecular weight is 589 g/mol. The minimum absolute atomic E-state index is 0.0301. The molecule has 2 aromatic rings. The highest BCUT2D eigenvalue weighted by Crippen LogP contribution is 2.57. The highest BCUT2D eigenvalue weighted by molar-refractivity contribution is 5.79. The molecule has 10 atom stereocenters. The van der Waals surface area contributed by atoms with E-state index in [9.17, 15) is 20.1 Å². The predicted octanol–water partition coefficient (Wildman–Crippen LogP) is 1.34. The van der Waals surface area contributed by atoms with E-state index in [1.807, 2.05) is 0 Å². The summed E-state index contributed by atoms with van der Waals surface area (Å²) in [5.41, 5.74) is 2.01. The molecule has 7 rings (SSSR count). The van der Waals surface area contributed by atoms with E-state index in [1.54, 1.807) is 31.2 Å². The summed E-state index contributed by atoms with van der Waals surface area (Å²) in [4.78, 5) is 13.4. The van der Waals surface area contributed by atoms with Crippen molar-refractivity contribution in [3.05, 3.63) is 41.0 Å². The fourth-order valence-electron chi connectivity index (χ4n) is 6.74. The van der Waals surface area contributed by atoms with Gasteiger partial charge in [-0.05, 0) is 47.9 Å². The Balaban J connectivity index is 1.32. The Kier molecular flexibility index (Phi) is 6.83. The number of phenols is 1. The summed E-state index contributed by atoms with van der Waals surface area (Å²) in [5, 5.41) is 32.5. The molecule has 0 saturated carbocycles. The van der Waals surface area contributed by atoms with Crippen molar-refractivity contribution >= 4 is 5.97 Å². The number of ether oxygens (including phenoxy) is 9. The zero-order valence-electron chi connectivity index (χ0n) is 23.1. The van der Waals surface area contributed by atoms with Gasteiger partial charge in [0.25, 0.3) is 0 Å². The Hall–Kier alpha value is -3.33. The van der Waals surface area contributed by atoms with Crippen LogP contribution >= 0.6 is 0 Å². The lowest BCUT2D eigenvalue weighted by Crippen LogP contribution is -2.63. The number of aliphatic hydroxyl groups excluding tert-OH is 2. The molecule has 4 aliphatic heterocycles. The molecule has 3 fully saturated rings. The minimum atomic E-state index is -1.44. The smallest absolute Gasteiger partial charge is 0.310 e. The quantitative estimate of drug-likeness (QED) is 0.430. The number of hydrogen-bond donors (Lipinski definition) is 3. The molecular weight excluding hydrogens is 556 g/mol. The fraction of sp³-hybridized carbons (Fsp3) is 0.552. The lowest BCUT2D eigenvalue weighted by molar-refractivity contribution is -0.364. The summed E-state index contributed by atoms with van der Waals surface area (Å²) in [5.74, 6) is -1.02. The van der Waals surface area contributed by atoms with E-state index in [4.69, 9.17) is 42.6 Å². The Morgan fingerprint density at radius 2 is 1.57 bits per heavy atom. The molecule has 13 heteroatoms. The number of phenolic OH excluding ortho intramolecular Hbond substituents is 1. The summed E-state index contributed by atoms with van der Waals surface area (Å²) in [6.45, 7) is 1.93. The van der Waals surface area contributed by atoms with E-state index in [2.05, 4.69) is 0 Å². The third-order valence-corrected chi connectivity index (χ3v) is 8.75. The Morgan fingerprint density at radius 3 is 2.26 bits per heavy atom. The Bertz CT molecular complexity index is 1350. The van der Waals surface area contributed by atoms with Crippen LogP contribution in [-0.4, -0.2) is 92.5 Å². The summed E-state index contributed by atoms with van der Waals surface area (Å²) in [6.07, 6.45) is -6.80. The first-order chi connectivity index (χ1) is 20.3. The van der Waals surface area contributed by atoms with Gasteiger partial charge in [0.15, 0.2) is 35.6 Å². The third kappa shape index (κ3) is 4.26. The van der Waals surface area contributed by atoms with Crippen molar-refractivity contribution in [2.75, 3.05) is 34.2 Å². The molecular formula is C29H32O13. The lowest BCUT2D eigenvalue weighted by atomic mass is 9.66. The summed E-state index contributed by atoms with van der Waals surface area (Å²) in [6, 6.07) is 6.93. The number of methoxy groups -OCH3 is 2. The zero-order valence-corrected chi connectivity index (χ0v) is 23.1. The molecule has 4 heterocycles. The van der Waals surface area contributed by atoms with Crippen LogP contribution in [-0.2, 0) is 28.5 Å². The molecule has 0 bridgehead atoms. The standard InChI is InChI=1S/C29H32O13/c1-11-36-9-20-27(40-11)24(31)25(32)29(41-20)42-26-14-7-17-16(38-10-39-17)6-13(14)21(22-15(26)8-37-28(22)33)12-4-18(34-2)23(30)19(5-12)35-3/h4-7,11,15,20-22,24-27,29-32H,8-10H2,1-3H3/t11?,15-,20+,21+,22-,24+,25-,26+,27+,29-/m0/s1. The van der Waals surface area contributed by atoms with Gasteiger partial charge in [0.05, 0.1) is 39.5 Å². The second-order valence-electron chi connectivity index (χ2n) is 11.0. The van der Waals surface area contributed by atoms with Crippen LogP contribution in [0.1, 0.15) is 35.6 Å². The Labute approximate surface area is 240 Å². The van der Waals surface area contributed by atoms with Crippen molar-refractivity contribution in [3.8, 4) is 28.7 Å². The number of rotatable bonds is 5. The van der Waals surface area contributed by atoms with Crippen LogP contribution in [0.5, 0.6) is 28.7 Å². The first-order valence-electron chi connectivity index (χ1n) is 13.8. The van der Waals surface area contributed by atoms with E-state index in [1.165, 1.54) is 14.2 Å². The number of hydrogen-bond acceptors (Lipinski definition) is 13. The molecule has 0 radical (unpaired) electrons. The van der Waals surface area contributed by atoms with Crippen LogP contribution in [0.2, 0.25) is 0 Å². The van der Waals surface area contributed by atoms with Crippen LogP contribution in [0.4, 0.5) is 0 Å². The molecule has 13 nitrogen and oxygen atoms in total. The number of fused-ring (bicyclic) bond motifs is 4. The van der Waals surface area contributed by atoms with Crippen LogP contribution in [0.25, 0.3) is 0 Å².